The van der Waals surface area contributed by atoms with E-state index in [0.717, 1.165) is 61.7 Å². The smallest absolute Gasteiger partial charge is 0.256 e. The Labute approximate surface area is 224 Å². The molecule has 0 spiro atoms. The summed E-state index contributed by atoms with van der Waals surface area (Å²) in [6.07, 6.45) is 10.5. The van der Waals surface area contributed by atoms with Crippen LogP contribution in [-0.2, 0) is 11.2 Å². The van der Waals surface area contributed by atoms with E-state index in [1.807, 2.05) is 30.8 Å². The van der Waals surface area contributed by atoms with Gasteiger partial charge in [0.05, 0.1) is 23.0 Å². The standard InChI is InChI=1S/C31H39FN4O2/c1-6-27(22-12-25(37)13-22)35-10-9-21(17-35)11-23-18-36(29-16-33-15-20(4)30(23)29)28-8-7-24(32)14-26(28)31(38)34(5)19(2)3/h7-8,14-16,18-19,21-22,27H,6,9-13,17H2,1-5H3/t21-,27?/m1/s1. The minimum absolute atomic E-state index is 0.00480. The zero-order valence-electron chi connectivity index (χ0n) is 23.2. The van der Waals surface area contributed by atoms with Gasteiger partial charge >= 0.3 is 0 Å². The van der Waals surface area contributed by atoms with E-state index in [4.69, 9.17) is 0 Å². The van der Waals surface area contributed by atoms with E-state index in [0.29, 0.717) is 34.9 Å². The number of aromatic nitrogens is 2. The second-order valence-corrected chi connectivity index (χ2v) is 11.6. The van der Waals surface area contributed by atoms with Crippen LogP contribution in [0.4, 0.5) is 4.39 Å². The quantitative estimate of drug-likeness (QED) is 0.391. The first kappa shape index (κ1) is 26.5. The number of amides is 1. The number of nitrogens with zero attached hydrogens (tertiary/aromatic N) is 4. The van der Waals surface area contributed by atoms with Crippen molar-refractivity contribution in [3.8, 4) is 5.69 Å². The van der Waals surface area contributed by atoms with Crippen molar-refractivity contribution in [2.75, 3.05) is 20.1 Å². The van der Waals surface area contributed by atoms with Gasteiger partial charge in [-0.2, -0.15) is 0 Å². The lowest BCUT2D eigenvalue weighted by Crippen LogP contribution is -2.44. The summed E-state index contributed by atoms with van der Waals surface area (Å²) in [5.41, 5.74) is 4.28. The van der Waals surface area contributed by atoms with Crippen molar-refractivity contribution in [1.82, 2.24) is 19.4 Å². The second-order valence-electron chi connectivity index (χ2n) is 11.6. The molecule has 3 aromatic rings. The molecule has 202 valence electrons. The number of hydrogen-bond acceptors (Lipinski definition) is 4. The number of carbonyl (C=O) groups is 2. The molecule has 0 N–H and O–H groups in total. The summed E-state index contributed by atoms with van der Waals surface area (Å²) in [4.78, 5) is 33.7. The lowest BCUT2D eigenvalue weighted by molar-refractivity contribution is -0.128. The SMILES string of the molecule is CCC(C1CC(=O)C1)N1CC[C@H](Cc2cn(-c3ccc(F)cc3C(=O)N(C)C(C)C)c3cncc(C)c23)C1. The Morgan fingerprint density at radius 1 is 1.24 bits per heavy atom. The number of carbonyl (C=O) groups excluding carboxylic acids is 2. The van der Waals surface area contributed by atoms with E-state index < -0.39 is 5.82 Å². The highest BCUT2D eigenvalue weighted by Gasteiger charge is 2.38. The molecule has 0 radical (unpaired) electrons. The fourth-order valence-electron chi connectivity index (χ4n) is 6.44. The van der Waals surface area contributed by atoms with Crippen molar-refractivity contribution in [3.05, 3.63) is 59.3 Å². The molecular weight excluding hydrogens is 479 g/mol. The summed E-state index contributed by atoms with van der Waals surface area (Å²) in [6, 6.07) is 4.95. The first-order valence-electron chi connectivity index (χ1n) is 13.9. The largest absolute Gasteiger partial charge is 0.339 e. The Balaban J connectivity index is 1.47. The summed E-state index contributed by atoms with van der Waals surface area (Å²) in [6.45, 7) is 10.3. The van der Waals surface area contributed by atoms with E-state index in [-0.39, 0.29) is 11.9 Å². The average Bonchev–Trinajstić information content (AvgIpc) is 3.48. The van der Waals surface area contributed by atoms with Gasteiger partial charge in [0.1, 0.15) is 11.6 Å². The third-order valence-corrected chi connectivity index (χ3v) is 8.76. The highest BCUT2D eigenvalue weighted by Crippen LogP contribution is 2.36. The molecule has 1 saturated heterocycles. The van der Waals surface area contributed by atoms with Crippen LogP contribution in [0.3, 0.4) is 0 Å². The molecule has 6 nitrogen and oxygen atoms in total. The van der Waals surface area contributed by atoms with Gasteiger partial charge in [-0.1, -0.05) is 6.92 Å². The predicted molar refractivity (Wildman–Crippen MR) is 148 cm³/mol. The fourth-order valence-corrected chi connectivity index (χ4v) is 6.44. The minimum atomic E-state index is -0.426. The monoisotopic (exact) mass is 518 g/mol. The van der Waals surface area contributed by atoms with Crippen molar-refractivity contribution >= 4 is 22.6 Å². The first-order chi connectivity index (χ1) is 18.2. The zero-order chi connectivity index (χ0) is 27.1. The Bertz CT molecular complexity index is 1360. The zero-order valence-corrected chi connectivity index (χ0v) is 23.2. The molecule has 5 rings (SSSR count). The molecule has 1 aliphatic heterocycles. The van der Waals surface area contributed by atoms with Crippen LogP contribution in [0.2, 0.25) is 0 Å². The molecule has 2 aliphatic rings. The van der Waals surface area contributed by atoms with Crippen molar-refractivity contribution in [2.24, 2.45) is 11.8 Å². The molecule has 1 saturated carbocycles. The van der Waals surface area contributed by atoms with Crippen molar-refractivity contribution < 1.29 is 14.0 Å². The molecule has 2 aromatic heterocycles. The van der Waals surface area contributed by atoms with Crippen LogP contribution in [0.15, 0.2) is 36.8 Å². The van der Waals surface area contributed by atoms with Gasteiger partial charge < -0.3 is 9.47 Å². The number of rotatable bonds is 8. The van der Waals surface area contributed by atoms with Crippen LogP contribution in [0.25, 0.3) is 16.6 Å². The van der Waals surface area contributed by atoms with Gasteiger partial charge in [0.2, 0.25) is 0 Å². The minimum Gasteiger partial charge on any atom is -0.339 e. The van der Waals surface area contributed by atoms with E-state index in [9.17, 15) is 14.0 Å². The van der Waals surface area contributed by atoms with Crippen molar-refractivity contribution in [3.63, 3.8) is 0 Å². The Hall–Kier alpha value is -3.06. The van der Waals surface area contributed by atoms with Crippen molar-refractivity contribution in [1.29, 1.82) is 0 Å². The summed E-state index contributed by atoms with van der Waals surface area (Å²) < 4.78 is 16.4. The number of likely N-dealkylation sites (tertiary alicyclic amines) is 1. The molecule has 1 amide bonds. The topological polar surface area (TPSA) is 58.4 Å². The number of pyridine rings is 1. The Morgan fingerprint density at radius 2 is 2.00 bits per heavy atom. The van der Waals surface area contributed by atoms with Gasteiger partial charge in [-0.25, -0.2) is 4.39 Å². The number of Topliss-reactive ketones (excluding diaryl/α,β-unsaturated/α-hetero) is 1. The maximum atomic E-state index is 14.4. The maximum absolute atomic E-state index is 14.4. The van der Waals surface area contributed by atoms with E-state index >= 15 is 0 Å². The van der Waals surface area contributed by atoms with Crippen LogP contribution >= 0.6 is 0 Å². The van der Waals surface area contributed by atoms with Crippen LogP contribution in [0.5, 0.6) is 0 Å². The van der Waals surface area contributed by atoms with Crippen LogP contribution in [0, 0.1) is 24.6 Å². The second kappa shape index (κ2) is 10.6. The summed E-state index contributed by atoms with van der Waals surface area (Å²) in [5.74, 6) is 0.807. The van der Waals surface area contributed by atoms with E-state index in [2.05, 4.69) is 29.9 Å². The highest BCUT2D eigenvalue weighted by molar-refractivity contribution is 5.99. The molecule has 7 heteroatoms. The van der Waals surface area contributed by atoms with Crippen LogP contribution < -0.4 is 0 Å². The van der Waals surface area contributed by atoms with Gasteiger partial charge in [0, 0.05) is 56.3 Å². The average molecular weight is 519 g/mol. The first-order valence-corrected chi connectivity index (χ1v) is 13.9. The lowest BCUT2D eigenvalue weighted by Gasteiger charge is -2.38. The normalized spacial score (nSPS) is 19.3. The number of halogens is 1. The molecule has 2 atom stereocenters. The Kier molecular flexibility index (Phi) is 7.40. The van der Waals surface area contributed by atoms with Crippen molar-refractivity contribution in [2.45, 2.75) is 71.9 Å². The van der Waals surface area contributed by atoms with E-state index in [1.54, 1.807) is 18.0 Å². The van der Waals surface area contributed by atoms with E-state index in [1.165, 1.54) is 17.7 Å². The van der Waals surface area contributed by atoms with Gasteiger partial charge in [-0.15, -0.1) is 0 Å². The molecule has 1 aliphatic carbocycles. The Morgan fingerprint density at radius 3 is 2.68 bits per heavy atom. The third kappa shape index (κ3) is 4.89. The summed E-state index contributed by atoms with van der Waals surface area (Å²) in [5, 5.41) is 1.16. The number of fused-ring (bicyclic) bond motifs is 1. The number of benzene rings is 1. The lowest BCUT2D eigenvalue weighted by atomic mass is 9.77. The molecule has 0 bridgehead atoms. The van der Waals surface area contributed by atoms with Gasteiger partial charge in [-0.05, 0) is 87.7 Å². The molecule has 1 unspecified atom stereocenters. The summed E-state index contributed by atoms with van der Waals surface area (Å²) in [7, 11) is 1.75. The molecule has 38 heavy (non-hydrogen) atoms. The summed E-state index contributed by atoms with van der Waals surface area (Å²) >= 11 is 0. The fraction of sp³-hybridized carbons (Fsp3) is 0.516. The third-order valence-electron chi connectivity index (χ3n) is 8.76. The highest BCUT2D eigenvalue weighted by atomic mass is 19.1. The molecule has 1 aromatic carbocycles. The van der Waals surface area contributed by atoms with Gasteiger partial charge in [0.15, 0.2) is 0 Å². The maximum Gasteiger partial charge on any atom is 0.256 e. The number of hydrogen-bond donors (Lipinski definition) is 0. The molecular formula is C31H39FN4O2. The van der Waals surface area contributed by atoms with Crippen LogP contribution in [0.1, 0.15) is 67.9 Å². The van der Waals surface area contributed by atoms with Gasteiger partial charge in [0.25, 0.3) is 5.91 Å². The number of aryl methyl sites for hydroxylation is 1. The molecule has 2 fully saturated rings. The molecule has 3 heterocycles. The van der Waals surface area contributed by atoms with Crippen LogP contribution in [-0.4, -0.2) is 63.3 Å². The number of ketones is 1. The predicted octanol–water partition coefficient (Wildman–Crippen LogP) is 5.58. The van der Waals surface area contributed by atoms with Gasteiger partial charge in [-0.3, -0.25) is 19.5 Å².